The van der Waals surface area contributed by atoms with Crippen molar-refractivity contribution in [2.45, 2.75) is 77.6 Å². The molecule has 20 heavy (non-hydrogen) atoms. The highest BCUT2D eigenvalue weighted by Crippen LogP contribution is 2.45. The van der Waals surface area contributed by atoms with E-state index in [1.165, 1.54) is 32.1 Å². The number of primary amides is 2. The summed E-state index contributed by atoms with van der Waals surface area (Å²) in [6.07, 6.45) is 11.2. The van der Waals surface area contributed by atoms with Crippen molar-refractivity contribution in [3.05, 3.63) is 0 Å². The lowest BCUT2D eigenvalue weighted by Gasteiger charge is -2.40. The van der Waals surface area contributed by atoms with E-state index < -0.39 is 0 Å². The van der Waals surface area contributed by atoms with E-state index >= 15 is 0 Å². The van der Waals surface area contributed by atoms with Crippen LogP contribution in [0.4, 0.5) is 0 Å². The van der Waals surface area contributed by atoms with E-state index in [1.54, 1.807) is 0 Å². The predicted octanol–water partition coefficient (Wildman–Crippen LogP) is 2.88. The number of carbonyl (C=O) groups is 2. The van der Waals surface area contributed by atoms with Gasteiger partial charge in [-0.3, -0.25) is 9.59 Å². The molecule has 0 spiro atoms. The molecule has 1 fully saturated rings. The van der Waals surface area contributed by atoms with Crippen LogP contribution in [-0.2, 0) is 9.59 Å². The Morgan fingerprint density at radius 2 is 1.40 bits per heavy atom. The third-order valence-corrected chi connectivity index (χ3v) is 4.93. The molecule has 4 N–H and O–H groups in total. The SMILES string of the molecule is CC(CCCC(N)=O)(CCCC(N)=O)C1CCCCC1. The molecule has 2 amide bonds. The Labute approximate surface area is 122 Å². The Morgan fingerprint density at radius 3 is 1.80 bits per heavy atom. The molecule has 1 aliphatic carbocycles. The van der Waals surface area contributed by atoms with Gasteiger partial charge in [0.25, 0.3) is 0 Å². The van der Waals surface area contributed by atoms with Gasteiger partial charge in [0, 0.05) is 12.8 Å². The molecule has 116 valence electrons. The van der Waals surface area contributed by atoms with Crippen molar-refractivity contribution in [2.75, 3.05) is 0 Å². The largest absolute Gasteiger partial charge is 0.370 e. The highest BCUT2D eigenvalue weighted by molar-refractivity contribution is 5.73. The first-order chi connectivity index (χ1) is 9.44. The van der Waals surface area contributed by atoms with Gasteiger partial charge in [0.2, 0.25) is 11.8 Å². The third kappa shape index (κ3) is 5.93. The van der Waals surface area contributed by atoms with E-state index in [1.807, 2.05) is 0 Å². The lowest BCUT2D eigenvalue weighted by molar-refractivity contribution is -0.118. The molecule has 0 aromatic carbocycles. The lowest BCUT2D eigenvalue weighted by Crippen LogP contribution is -2.30. The number of rotatable bonds is 9. The summed E-state index contributed by atoms with van der Waals surface area (Å²) in [5.74, 6) is 0.290. The third-order valence-electron chi connectivity index (χ3n) is 4.93. The minimum absolute atomic E-state index is 0.215. The second-order valence-electron chi connectivity index (χ2n) is 6.63. The number of carbonyl (C=O) groups excluding carboxylic acids is 2. The van der Waals surface area contributed by atoms with E-state index in [0.29, 0.717) is 12.8 Å². The Bertz CT molecular complexity index is 302. The van der Waals surface area contributed by atoms with Gasteiger partial charge in [-0.2, -0.15) is 0 Å². The van der Waals surface area contributed by atoms with Crippen molar-refractivity contribution >= 4 is 11.8 Å². The molecular weight excluding hydrogens is 252 g/mol. The summed E-state index contributed by atoms with van der Waals surface area (Å²) in [5, 5.41) is 0. The van der Waals surface area contributed by atoms with Crippen LogP contribution in [0, 0.1) is 11.3 Å². The molecule has 0 aromatic heterocycles. The van der Waals surface area contributed by atoms with E-state index in [9.17, 15) is 9.59 Å². The number of nitrogens with two attached hydrogens (primary N) is 2. The maximum Gasteiger partial charge on any atom is 0.217 e. The summed E-state index contributed by atoms with van der Waals surface area (Å²) in [4.78, 5) is 21.9. The molecular formula is C16H30N2O2. The van der Waals surface area contributed by atoms with Crippen LogP contribution in [0.25, 0.3) is 0 Å². The van der Waals surface area contributed by atoms with Crippen LogP contribution >= 0.6 is 0 Å². The van der Waals surface area contributed by atoms with Gasteiger partial charge in [-0.1, -0.05) is 26.2 Å². The van der Waals surface area contributed by atoms with Crippen molar-refractivity contribution in [3.63, 3.8) is 0 Å². The first-order valence-corrected chi connectivity index (χ1v) is 8.00. The molecule has 0 bridgehead atoms. The summed E-state index contributed by atoms with van der Waals surface area (Å²) in [6, 6.07) is 0. The minimum Gasteiger partial charge on any atom is -0.370 e. The average Bonchev–Trinajstić information content (AvgIpc) is 2.39. The van der Waals surface area contributed by atoms with Crippen molar-refractivity contribution in [3.8, 4) is 0 Å². The minimum atomic E-state index is -0.215. The van der Waals surface area contributed by atoms with Crippen LogP contribution < -0.4 is 11.5 Å². The molecule has 1 saturated carbocycles. The first-order valence-electron chi connectivity index (χ1n) is 8.00. The summed E-state index contributed by atoms with van der Waals surface area (Å²) < 4.78 is 0. The normalized spacial score (nSPS) is 17.1. The van der Waals surface area contributed by atoms with Gasteiger partial charge in [-0.25, -0.2) is 0 Å². The summed E-state index contributed by atoms with van der Waals surface area (Å²) in [5.41, 5.74) is 10.7. The van der Waals surface area contributed by atoms with Gasteiger partial charge in [-0.05, 0) is 49.9 Å². The fourth-order valence-corrected chi connectivity index (χ4v) is 3.67. The van der Waals surface area contributed by atoms with Gasteiger partial charge in [-0.15, -0.1) is 0 Å². The van der Waals surface area contributed by atoms with Gasteiger partial charge in [0.05, 0.1) is 0 Å². The smallest absolute Gasteiger partial charge is 0.217 e. The highest BCUT2D eigenvalue weighted by Gasteiger charge is 2.34. The maximum atomic E-state index is 10.9. The molecule has 0 radical (unpaired) electrons. The lowest BCUT2D eigenvalue weighted by atomic mass is 9.65. The molecule has 4 heteroatoms. The zero-order chi connectivity index (χ0) is 15.0. The van der Waals surface area contributed by atoms with Crippen LogP contribution in [0.2, 0.25) is 0 Å². The topological polar surface area (TPSA) is 86.2 Å². The Balaban J connectivity index is 2.54. The van der Waals surface area contributed by atoms with Crippen LogP contribution in [0.1, 0.15) is 77.6 Å². The van der Waals surface area contributed by atoms with Gasteiger partial charge >= 0.3 is 0 Å². The van der Waals surface area contributed by atoms with Crippen molar-refractivity contribution in [1.29, 1.82) is 0 Å². The van der Waals surface area contributed by atoms with Crippen LogP contribution in [0.3, 0.4) is 0 Å². The summed E-state index contributed by atoms with van der Waals surface area (Å²) >= 11 is 0. The fourth-order valence-electron chi connectivity index (χ4n) is 3.67. The van der Waals surface area contributed by atoms with E-state index in [-0.39, 0.29) is 17.2 Å². The van der Waals surface area contributed by atoms with Crippen LogP contribution in [0.5, 0.6) is 0 Å². The van der Waals surface area contributed by atoms with E-state index in [2.05, 4.69) is 6.92 Å². The Hall–Kier alpha value is -1.06. The average molecular weight is 282 g/mol. The van der Waals surface area contributed by atoms with Crippen molar-refractivity contribution in [1.82, 2.24) is 0 Å². The molecule has 0 aromatic rings. The Kier molecular flexibility index (Phi) is 7.03. The molecule has 0 atom stereocenters. The molecule has 0 aliphatic heterocycles. The Morgan fingerprint density at radius 1 is 0.950 bits per heavy atom. The quantitative estimate of drug-likeness (QED) is 0.681. The zero-order valence-electron chi connectivity index (χ0n) is 12.8. The number of hydrogen-bond donors (Lipinski definition) is 2. The van der Waals surface area contributed by atoms with Gasteiger partial charge in [0.1, 0.15) is 0 Å². The molecule has 1 aliphatic rings. The second-order valence-corrected chi connectivity index (χ2v) is 6.63. The van der Waals surface area contributed by atoms with Crippen molar-refractivity contribution in [2.24, 2.45) is 22.8 Å². The maximum absolute atomic E-state index is 10.9. The molecule has 0 unspecified atom stereocenters. The number of amides is 2. The fraction of sp³-hybridized carbons (Fsp3) is 0.875. The molecule has 0 saturated heterocycles. The second kappa shape index (κ2) is 8.28. The van der Waals surface area contributed by atoms with Gasteiger partial charge < -0.3 is 11.5 Å². The van der Waals surface area contributed by atoms with Crippen molar-refractivity contribution < 1.29 is 9.59 Å². The predicted molar refractivity (Wildman–Crippen MR) is 80.8 cm³/mol. The van der Waals surface area contributed by atoms with E-state index in [0.717, 1.165) is 31.6 Å². The van der Waals surface area contributed by atoms with E-state index in [4.69, 9.17) is 11.5 Å². The van der Waals surface area contributed by atoms with Crippen LogP contribution in [-0.4, -0.2) is 11.8 Å². The highest BCUT2D eigenvalue weighted by atomic mass is 16.1. The number of hydrogen-bond acceptors (Lipinski definition) is 2. The molecule has 0 heterocycles. The summed E-state index contributed by atoms with van der Waals surface area (Å²) in [6.45, 7) is 2.32. The molecule has 1 rings (SSSR count). The molecule has 4 nitrogen and oxygen atoms in total. The van der Waals surface area contributed by atoms with Gasteiger partial charge in [0.15, 0.2) is 0 Å². The van der Waals surface area contributed by atoms with Crippen LogP contribution in [0.15, 0.2) is 0 Å². The zero-order valence-corrected chi connectivity index (χ0v) is 12.8. The summed E-state index contributed by atoms with van der Waals surface area (Å²) in [7, 11) is 0. The monoisotopic (exact) mass is 282 g/mol. The first kappa shape index (κ1) is 17.0. The standard InChI is InChI=1S/C16H30N2O2/c1-16(11-5-9-14(17)19,12-6-10-15(18)20)13-7-3-2-4-8-13/h13H,2-12H2,1H3,(H2,17,19)(H2,18,20).